The summed E-state index contributed by atoms with van der Waals surface area (Å²) < 4.78 is 0. The van der Waals surface area contributed by atoms with Crippen molar-refractivity contribution in [1.29, 1.82) is 0 Å². The molecule has 0 aliphatic heterocycles. The van der Waals surface area contributed by atoms with Crippen LogP contribution in [0.3, 0.4) is 0 Å². The van der Waals surface area contributed by atoms with Gasteiger partial charge >= 0.3 is 0 Å². The van der Waals surface area contributed by atoms with Crippen LogP contribution in [-0.4, -0.2) is 10.9 Å². The van der Waals surface area contributed by atoms with Crippen LogP contribution in [0.1, 0.15) is 26.3 Å². The lowest BCUT2D eigenvalue weighted by molar-refractivity contribution is -0.121. The van der Waals surface area contributed by atoms with E-state index in [1.807, 2.05) is 12.1 Å². The number of aromatic hydroxyl groups is 1. The van der Waals surface area contributed by atoms with E-state index in [2.05, 4.69) is 13.8 Å². The highest BCUT2D eigenvalue weighted by molar-refractivity contribution is 5.78. The summed E-state index contributed by atoms with van der Waals surface area (Å²) >= 11 is 0. The molecule has 2 heteroatoms. The second-order valence-electron chi connectivity index (χ2n) is 4.33. The number of carbonyl (C=O) groups is 1. The number of hydrogen-bond acceptors (Lipinski definition) is 2. The topological polar surface area (TPSA) is 37.3 Å². The van der Waals surface area contributed by atoms with E-state index in [1.54, 1.807) is 19.1 Å². The van der Waals surface area contributed by atoms with Gasteiger partial charge in [0, 0.05) is 5.92 Å². The van der Waals surface area contributed by atoms with Crippen molar-refractivity contribution in [3.05, 3.63) is 29.8 Å². The van der Waals surface area contributed by atoms with E-state index in [4.69, 9.17) is 5.11 Å². The molecule has 0 fully saturated rings. The summed E-state index contributed by atoms with van der Waals surface area (Å²) in [4.78, 5) is 11.4. The SMILES string of the molecule is CC(=O)C(Cc1ccc(O)cc1)C(C)C. The number of Topliss-reactive ketones (excluding diaryl/α,β-unsaturated/α-hetero) is 1. The van der Waals surface area contributed by atoms with Crippen molar-refractivity contribution in [2.24, 2.45) is 11.8 Å². The van der Waals surface area contributed by atoms with Gasteiger partial charge in [-0.2, -0.15) is 0 Å². The third-order valence-corrected chi connectivity index (χ3v) is 2.72. The summed E-state index contributed by atoms with van der Waals surface area (Å²) in [5, 5.41) is 9.14. The second-order valence-corrected chi connectivity index (χ2v) is 4.33. The van der Waals surface area contributed by atoms with Crippen LogP contribution < -0.4 is 0 Å². The van der Waals surface area contributed by atoms with Crippen LogP contribution in [0, 0.1) is 11.8 Å². The molecule has 0 bridgehead atoms. The normalized spacial score (nSPS) is 12.8. The molecule has 0 aliphatic rings. The average Bonchev–Trinajstić information content (AvgIpc) is 2.15. The summed E-state index contributed by atoms with van der Waals surface area (Å²) in [6.45, 7) is 5.77. The zero-order valence-corrected chi connectivity index (χ0v) is 9.53. The second kappa shape index (κ2) is 4.96. The van der Waals surface area contributed by atoms with Gasteiger partial charge < -0.3 is 5.11 Å². The lowest BCUT2D eigenvalue weighted by Gasteiger charge is -2.17. The molecular weight excluding hydrogens is 188 g/mol. The minimum absolute atomic E-state index is 0.0783. The first kappa shape index (κ1) is 11.8. The maximum atomic E-state index is 11.4. The monoisotopic (exact) mass is 206 g/mol. The van der Waals surface area contributed by atoms with Crippen molar-refractivity contribution in [3.63, 3.8) is 0 Å². The van der Waals surface area contributed by atoms with Gasteiger partial charge in [-0.3, -0.25) is 4.79 Å². The molecule has 0 radical (unpaired) electrons. The van der Waals surface area contributed by atoms with Crippen LogP contribution in [0.5, 0.6) is 5.75 Å². The lowest BCUT2D eigenvalue weighted by atomic mass is 9.86. The van der Waals surface area contributed by atoms with E-state index in [9.17, 15) is 4.79 Å². The van der Waals surface area contributed by atoms with Gasteiger partial charge in [0.2, 0.25) is 0 Å². The molecule has 0 saturated heterocycles. The standard InChI is InChI=1S/C13H18O2/c1-9(2)13(10(3)14)8-11-4-6-12(15)7-5-11/h4-7,9,13,15H,8H2,1-3H3. The lowest BCUT2D eigenvalue weighted by Crippen LogP contribution is -2.20. The number of rotatable bonds is 4. The van der Waals surface area contributed by atoms with Crippen molar-refractivity contribution >= 4 is 5.78 Å². The largest absolute Gasteiger partial charge is 0.508 e. The van der Waals surface area contributed by atoms with E-state index in [0.29, 0.717) is 5.92 Å². The predicted molar refractivity (Wildman–Crippen MR) is 60.8 cm³/mol. The van der Waals surface area contributed by atoms with E-state index in [-0.39, 0.29) is 17.5 Å². The Morgan fingerprint density at radius 3 is 2.20 bits per heavy atom. The van der Waals surface area contributed by atoms with Gasteiger partial charge in [0.05, 0.1) is 0 Å². The number of phenolic OH excluding ortho intramolecular Hbond substituents is 1. The molecule has 1 aromatic rings. The molecule has 82 valence electrons. The molecule has 1 N–H and O–H groups in total. The Morgan fingerprint density at radius 1 is 1.27 bits per heavy atom. The van der Waals surface area contributed by atoms with E-state index in [0.717, 1.165) is 12.0 Å². The Labute approximate surface area is 90.9 Å². The molecule has 1 rings (SSSR count). The van der Waals surface area contributed by atoms with Crippen molar-refractivity contribution in [3.8, 4) is 5.75 Å². The maximum absolute atomic E-state index is 11.4. The van der Waals surface area contributed by atoms with Gasteiger partial charge in [-0.25, -0.2) is 0 Å². The first-order chi connectivity index (χ1) is 7.00. The molecule has 0 amide bonds. The van der Waals surface area contributed by atoms with Gasteiger partial charge in [-0.05, 0) is 37.0 Å². The summed E-state index contributed by atoms with van der Waals surface area (Å²) in [7, 11) is 0. The fourth-order valence-corrected chi connectivity index (χ4v) is 1.73. The molecule has 1 aromatic carbocycles. The van der Waals surface area contributed by atoms with Crippen molar-refractivity contribution in [2.75, 3.05) is 0 Å². The molecule has 2 nitrogen and oxygen atoms in total. The quantitative estimate of drug-likeness (QED) is 0.822. The molecule has 0 saturated carbocycles. The molecule has 0 aromatic heterocycles. The Morgan fingerprint density at radius 2 is 1.80 bits per heavy atom. The van der Waals surface area contributed by atoms with Gasteiger partial charge in [-0.15, -0.1) is 0 Å². The van der Waals surface area contributed by atoms with Gasteiger partial charge in [-0.1, -0.05) is 26.0 Å². The van der Waals surface area contributed by atoms with E-state index in [1.165, 1.54) is 0 Å². The number of carbonyl (C=O) groups excluding carboxylic acids is 1. The van der Waals surface area contributed by atoms with Crippen LogP contribution in [0.25, 0.3) is 0 Å². The van der Waals surface area contributed by atoms with Crippen LogP contribution in [0.15, 0.2) is 24.3 Å². The van der Waals surface area contributed by atoms with Crippen LogP contribution in [0.4, 0.5) is 0 Å². The molecule has 0 heterocycles. The first-order valence-electron chi connectivity index (χ1n) is 5.29. The molecular formula is C13H18O2. The molecule has 0 aliphatic carbocycles. The highest BCUT2D eigenvalue weighted by Crippen LogP contribution is 2.19. The summed E-state index contributed by atoms with van der Waals surface area (Å²) in [5.41, 5.74) is 1.10. The highest BCUT2D eigenvalue weighted by atomic mass is 16.3. The predicted octanol–water partition coefficient (Wildman–Crippen LogP) is 2.80. The van der Waals surface area contributed by atoms with Gasteiger partial charge in [0.25, 0.3) is 0 Å². The number of benzene rings is 1. The minimum atomic E-state index is 0.0783. The first-order valence-corrected chi connectivity index (χ1v) is 5.29. The number of hydrogen-bond donors (Lipinski definition) is 1. The zero-order chi connectivity index (χ0) is 11.4. The van der Waals surface area contributed by atoms with Crippen molar-refractivity contribution in [2.45, 2.75) is 27.2 Å². The molecule has 15 heavy (non-hydrogen) atoms. The third kappa shape index (κ3) is 3.39. The summed E-state index contributed by atoms with van der Waals surface area (Å²) in [5.74, 6) is 0.937. The molecule has 1 unspecified atom stereocenters. The third-order valence-electron chi connectivity index (χ3n) is 2.72. The fraction of sp³-hybridized carbons (Fsp3) is 0.462. The van der Waals surface area contributed by atoms with Crippen LogP contribution >= 0.6 is 0 Å². The van der Waals surface area contributed by atoms with Crippen molar-refractivity contribution in [1.82, 2.24) is 0 Å². The number of phenols is 1. The van der Waals surface area contributed by atoms with E-state index >= 15 is 0 Å². The fourth-order valence-electron chi connectivity index (χ4n) is 1.73. The van der Waals surface area contributed by atoms with E-state index < -0.39 is 0 Å². The highest BCUT2D eigenvalue weighted by Gasteiger charge is 2.18. The summed E-state index contributed by atoms with van der Waals surface area (Å²) in [6.07, 6.45) is 0.757. The Hall–Kier alpha value is -1.31. The Balaban J connectivity index is 2.74. The molecule has 1 atom stereocenters. The zero-order valence-electron chi connectivity index (χ0n) is 9.53. The van der Waals surface area contributed by atoms with Gasteiger partial charge in [0.1, 0.15) is 11.5 Å². The van der Waals surface area contributed by atoms with Crippen molar-refractivity contribution < 1.29 is 9.90 Å². The van der Waals surface area contributed by atoms with Gasteiger partial charge in [0.15, 0.2) is 0 Å². The average molecular weight is 206 g/mol. The minimum Gasteiger partial charge on any atom is -0.508 e. The Kier molecular flexibility index (Phi) is 3.89. The Bertz CT molecular complexity index is 325. The summed E-state index contributed by atoms with van der Waals surface area (Å²) in [6, 6.07) is 7.06. The van der Waals surface area contributed by atoms with Crippen LogP contribution in [-0.2, 0) is 11.2 Å². The smallest absolute Gasteiger partial charge is 0.133 e. The maximum Gasteiger partial charge on any atom is 0.133 e. The van der Waals surface area contributed by atoms with Crippen LogP contribution in [0.2, 0.25) is 0 Å². The number of ketones is 1. The molecule has 0 spiro atoms.